The zero-order valence-corrected chi connectivity index (χ0v) is 24.2. The number of fused-ring (bicyclic) bond motifs is 2. The molecule has 6 rings (SSSR count). The molecule has 2 saturated heterocycles. The van der Waals surface area contributed by atoms with E-state index in [9.17, 15) is 34.8 Å². The molecule has 2 aliphatic heterocycles. The van der Waals surface area contributed by atoms with Gasteiger partial charge in [-0.25, -0.2) is 0 Å². The lowest BCUT2D eigenvalue weighted by Gasteiger charge is -2.40. The molecule has 44 heavy (non-hydrogen) atoms. The van der Waals surface area contributed by atoms with Gasteiger partial charge in [0.05, 0.1) is 11.7 Å². The Labute approximate surface area is 252 Å². The molecule has 0 radical (unpaired) electrons. The zero-order chi connectivity index (χ0) is 31.3. The van der Waals surface area contributed by atoms with Gasteiger partial charge in [-0.1, -0.05) is 0 Å². The van der Waals surface area contributed by atoms with Crippen LogP contribution >= 0.6 is 0 Å². The maximum Gasteiger partial charge on any atom is 0.308 e. The number of aliphatic hydroxyl groups excluding tert-OH is 3. The summed E-state index contributed by atoms with van der Waals surface area (Å²) in [6, 6.07) is 5.94. The topological polar surface area (TPSA) is 188 Å². The van der Waals surface area contributed by atoms with Crippen molar-refractivity contribution in [1.29, 1.82) is 0 Å². The first-order chi connectivity index (χ1) is 21.1. The number of rotatable bonds is 6. The number of aromatic nitrogens is 1. The Kier molecular flexibility index (Phi) is 8.03. The highest BCUT2D eigenvalue weighted by molar-refractivity contribution is 6.30. The Morgan fingerprint density at radius 3 is 2.41 bits per heavy atom. The number of aromatic hydroxyl groups is 1. The largest absolute Gasteiger partial charge is 0.507 e. The summed E-state index contributed by atoms with van der Waals surface area (Å²) in [5, 5.41) is 46.8. The second kappa shape index (κ2) is 11.8. The predicted molar refractivity (Wildman–Crippen MR) is 154 cm³/mol. The number of carbonyl (C=O) groups excluding carboxylic acids is 3. The van der Waals surface area contributed by atoms with Crippen molar-refractivity contribution >= 4 is 17.5 Å². The highest BCUT2D eigenvalue weighted by Crippen LogP contribution is 2.49. The van der Waals surface area contributed by atoms with Crippen molar-refractivity contribution in [3.05, 3.63) is 75.6 Å². The maximum absolute atomic E-state index is 14.3. The van der Waals surface area contributed by atoms with Crippen molar-refractivity contribution in [1.82, 2.24) is 10.3 Å². The number of H-pyrrole nitrogens is 1. The van der Waals surface area contributed by atoms with E-state index in [1.54, 1.807) is 18.5 Å². The minimum Gasteiger partial charge on any atom is -0.507 e. The molecule has 0 bridgehead atoms. The van der Waals surface area contributed by atoms with Crippen molar-refractivity contribution in [2.24, 2.45) is 0 Å². The maximum atomic E-state index is 14.3. The van der Waals surface area contributed by atoms with Gasteiger partial charge in [-0.2, -0.15) is 0 Å². The minimum atomic E-state index is -1.66. The second-order valence-corrected chi connectivity index (χ2v) is 11.5. The Balaban J connectivity index is 1.59. The molecule has 6 N–H and O–H groups in total. The van der Waals surface area contributed by atoms with Gasteiger partial charge in [-0.05, 0) is 68.6 Å². The van der Waals surface area contributed by atoms with Crippen molar-refractivity contribution in [3.8, 4) is 17.2 Å². The van der Waals surface area contributed by atoms with Gasteiger partial charge in [0.15, 0.2) is 11.6 Å². The molecule has 0 amide bonds. The molecule has 12 nitrogen and oxygen atoms in total. The number of aliphatic hydroxyl groups is 3. The summed E-state index contributed by atoms with van der Waals surface area (Å²) in [7, 11) is 0. The van der Waals surface area contributed by atoms with E-state index in [2.05, 4.69) is 10.3 Å². The molecule has 0 saturated carbocycles. The molecule has 1 aliphatic carbocycles. The fourth-order valence-electron chi connectivity index (χ4n) is 6.36. The third-order valence-corrected chi connectivity index (χ3v) is 8.59. The van der Waals surface area contributed by atoms with Crippen LogP contribution in [0, 0.1) is 0 Å². The molecule has 2 aromatic carbocycles. The van der Waals surface area contributed by atoms with Crippen LogP contribution in [0.1, 0.15) is 81.1 Å². The van der Waals surface area contributed by atoms with Crippen LogP contribution in [0.5, 0.6) is 17.2 Å². The molecule has 232 valence electrons. The number of phenolic OH excluding ortho intramolecular Hbond substituents is 1. The summed E-state index contributed by atoms with van der Waals surface area (Å²) in [5.41, 5.74) is 1.17. The average molecular weight is 607 g/mol. The number of ether oxygens (including phenoxy) is 3. The quantitative estimate of drug-likeness (QED) is 0.138. The number of carbonyl (C=O) groups is 3. The van der Waals surface area contributed by atoms with Crippen LogP contribution in [0.4, 0.5) is 0 Å². The molecular formula is C32H34N2O10. The number of benzene rings is 2. The summed E-state index contributed by atoms with van der Waals surface area (Å²) in [5.74, 6) is -2.28. The molecule has 3 aromatic rings. The van der Waals surface area contributed by atoms with Gasteiger partial charge in [-0.15, -0.1) is 0 Å². The number of esters is 1. The first kappa shape index (κ1) is 30.0. The van der Waals surface area contributed by atoms with Gasteiger partial charge in [0.2, 0.25) is 6.29 Å². The lowest BCUT2D eigenvalue weighted by atomic mass is 9.76. The van der Waals surface area contributed by atoms with Crippen LogP contribution in [0.2, 0.25) is 0 Å². The van der Waals surface area contributed by atoms with Crippen molar-refractivity contribution in [2.75, 3.05) is 13.1 Å². The number of nitrogens with one attached hydrogen (secondary N) is 2. The van der Waals surface area contributed by atoms with Gasteiger partial charge in [-0.3, -0.25) is 14.4 Å². The Bertz CT molecular complexity index is 1610. The Hall–Kier alpha value is -4.07. The van der Waals surface area contributed by atoms with E-state index >= 15 is 0 Å². The van der Waals surface area contributed by atoms with E-state index in [0.717, 1.165) is 5.56 Å². The van der Waals surface area contributed by atoms with E-state index in [-0.39, 0.29) is 51.7 Å². The number of piperidine rings is 1. The third kappa shape index (κ3) is 5.18. The van der Waals surface area contributed by atoms with Gasteiger partial charge in [0.25, 0.3) is 0 Å². The van der Waals surface area contributed by atoms with Gasteiger partial charge >= 0.3 is 5.97 Å². The molecule has 5 atom stereocenters. The lowest BCUT2D eigenvalue weighted by Crippen LogP contribution is -2.58. The SMILES string of the molecule is CC(=O)Oc1ccc2c(c1)C(=O)c1c(Cc3cc[nH]c3)c(OC3OC(C)C(O)C(O)C3O)c(C3CCNCC3)c(O)c1C2=O. The molecule has 3 aliphatic rings. The fourth-order valence-corrected chi connectivity index (χ4v) is 6.36. The van der Waals surface area contributed by atoms with Crippen LogP contribution in [0.15, 0.2) is 36.7 Å². The molecule has 2 fully saturated rings. The van der Waals surface area contributed by atoms with E-state index < -0.39 is 54.0 Å². The van der Waals surface area contributed by atoms with Crippen LogP contribution in [0.3, 0.4) is 0 Å². The molecule has 0 spiro atoms. The first-order valence-electron chi connectivity index (χ1n) is 14.6. The summed E-state index contributed by atoms with van der Waals surface area (Å²) in [6.45, 7) is 4.01. The number of aromatic amines is 1. The predicted octanol–water partition coefficient (Wildman–Crippen LogP) is 1.69. The molecule has 3 heterocycles. The first-order valence-corrected chi connectivity index (χ1v) is 14.6. The lowest BCUT2D eigenvalue weighted by molar-refractivity contribution is -0.268. The summed E-state index contributed by atoms with van der Waals surface area (Å²) >= 11 is 0. The standard InChI is InChI=1S/C32H34N2O10/c1-14-25(36)29(40)30(41)32(42-14)44-31-21(11-16-5-8-34-13-16)23-24(28(39)22(31)17-6-9-33-10-7-17)26(37)19-4-3-18(43-15(2)35)12-20(19)27(23)38/h3-5,8,12-14,17,25,29-30,32-34,36,39-41H,6-7,9-11H2,1-2H3. The minimum absolute atomic E-state index is 0.00217. The fraction of sp³-hybridized carbons (Fsp3) is 0.406. The molecular weight excluding hydrogens is 572 g/mol. The molecule has 1 aromatic heterocycles. The van der Waals surface area contributed by atoms with Crippen LogP contribution < -0.4 is 14.8 Å². The van der Waals surface area contributed by atoms with Crippen molar-refractivity contribution in [3.63, 3.8) is 0 Å². The van der Waals surface area contributed by atoms with E-state index in [1.807, 2.05) is 0 Å². The highest BCUT2D eigenvalue weighted by Gasteiger charge is 2.45. The van der Waals surface area contributed by atoms with Crippen LogP contribution in [0.25, 0.3) is 0 Å². The Morgan fingerprint density at radius 2 is 1.73 bits per heavy atom. The van der Waals surface area contributed by atoms with Gasteiger partial charge in [0, 0.05) is 53.6 Å². The smallest absolute Gasteiger partial charge is 0.308 e. The van der Waals surface area contributed by atoms with Crippen molar-refractivity contribution in [2.45, 2.75) is 69.7 Å². The monoisotopic (exact) mass is 606 g/mol. The second-order valence-electron chi connectivity index (χ2n) is 11.5. The molecule has 12 heteroatoms. The third-order valence-electron chi connectivity index (χ3n) is 8.59. The van der Waals surface area contributed by atoms with Crippen molar-refractivity contribution < 1.29 is 49.0 Å². The number of hydrogen-bond acceptors (Lipinski definition) is 11. The van der Waals surface area contributed by atoms with E-state index in [4.69, 9.17) is 14.2 Å². The summed E-state index contributed by atoms with van der Waals surface area (Å²) < 4.78 is 17.3. The van der Waals surface area contributed by atoms with Gasteiger partial charge in [0.1, 0.15) is 35.6 Å². The van der Waals surface area contributed by atoms with E-state index in [1.165, 1.54) is 32.0 Å². The van der Waals surface area contributed by atoms with E-state index in [0.29, 0.717) is 31.5 Å². The summed E-state index contributed by atoms with van der Waals surface area (Å²) in [6.07, 6.45) is -2.29. The van der Waals surface area contributed by atoms with Gasteiger partial charge < -0.3 is 44.9 Å². The number of ketones is 2. The number of hydrogen-bond donors (Lipinski definition) is 6. The summed E-state index contributed by atoms with van der Waals surface area (Å²) in [4.78, 5) is 43.0. The molecule has 5 unspecified atom stereocenters. The zero-order valence-electron chi connectivity index (χ0n) is 24.2. The number of phenols is 1. The Morgan fingerprint density at radius 1 is 1.00 bits per heavy atom. The normalized spacial score (nSPS) is 25.3. The average Bonchev–Trinajstić information content (AvgIpc) is 3.52. The highest BCUT2D eigenvalue weighted by atomic mass is 16.7. The van der Waals surface area contributed by atoms with Crippen LogP contribution in [-0.4, -0.2) is 86.7 Å². The van der Waals surface area contributed by atoms with Crippen LogP contribution in [-0.2, 0) is 16.0 Å².